The first-order valence-corrected chi connectivity index (χ1v) is 7.83. The van der Waals surface area contributed by atoms with Crippen LogP contribution in [0, 0.1) is 0 Å². The van der Waals surface area contributed by atoms with Gasteiger partial charge in [-0.2, -0.15) is 0 Å². The number of hydrogen-bond acceptors (Lipinski definition) is 4. The van der Waals surface area contributed by atoms with Gasteiger partial charge in [0.15, 0.2) is 5.82 Å². The minimum Gasteiger partial charge on any atom is -0.396 e. The first kappa shape index (κ1) is 14.4. The summed E-state index contributed by atoms with van der Waals surface area (Å²) in [6.07, 6.45) is 6.41. The van der Waals surface area contributed by atoms with Gasteiger partial charge in [-0.3, -0.25) is 0 Å². The first-order chi connectivity index (χ1) is 10.3. The van der Waals surface area contributed by atoms with E-state index in [1.54, 1.807) is 0 Å². The van der Waals surface area contributed by atoms with Crippen molar-refractivity contribution >= 4 is 11.5 Å². The SMILES string of the molecule is CNCc1c(N2CCCC2CCCO)nc2ccccn12. The lowest BCUT2D eigenvalue weighted by atomic mass is 10.1. The van der Waals surface area contributed by atoms with Gasteiger partial charge in [-0.1, -0.05) is 6.07 Å². The quantitative estimate of drug-likeness (QED) is 0.851. The highest BCUT2D eigenvalue weighted by molar-refractivity contribution is 5.57. The van der Waals surface area contributed by atoms with E-state index in [9.17, 15) is 0 Å². The van der Waals surface area contributed by atoms with Crippen LogP contribution in [0.25, 0.3) is 5.65 Å². The third-order valence-corrected chi connectivity index (χ3v) is 4.30. The third kappa shape index (κ3) is 2.76. The van der Waals surface area contributed by atoms with Crippen LogP contribution in [0.4, 0.5) is 5.82 Å². The minimum atomic E-state index is 0.277. The normalized spacial score (nSPS) is 18.8. The van der Waals surface area contributed by atoms with E-state index >= 15 is 0 Å². The molecule has 2 aromatic heterocycles. The van der Waals surface area contributed by atoms with Gasteiger partial charge in [-0.25, -0.2) is 4.98 Å². The average Bonchev–Trinajstić information content (AvgIpc) is 3.10. The molecule has 1 aliphatic rings. The van der Waals surface area contributed by atoms with E-state index in [-0.39, 0.29) is 6.61 Å². The number of nitrogens with zero attached hydrogens (tertiary/aromatic N) is 3. The Kier molecular flexibility index (Phi) is 4.41. The Balaban J connectivity index is 1.96. The molecular formula is C16H24N4O. The van der Waals surface area contributed by atoms with Crippen LogP contribution in [-0.2, 0) is 6.54 Å². The zero-order valence-electron chi connectivity index (χ0n) is 12.6. The van der Waals surface area contributed by atoms with Crippen molar-refractivity contribution in [3.63, 3.8) is 0 Å². The molecule has 0 saturated carbocycles. The summed E-state index contributed by atoms with van der Waals surface area (Å²) in [4.78, 5) is 7.30. The second-order valence-corrected chi connectivity index (χ2v) is 5.70. The van der Waals surface area contributed by atoms with Crippen molar-refractivity contribution in [1.29, 1.82) is 0 Å². The van der Waals surface area contributed by atoms with Gasteiger partial charge in [0.2, 0.25) is 0 Å². The number of fused-ring (bicyclic) bond motifs is 1. The summed E-state index contributed by atoms with van der Waals surface area (Å²) < 4.78 is 2.17. The summed E-state index contributed by atoms with van der Waals surface area (Å²) in [5.41, 5.74) is 2.23. The van der Waals surface area contributed by atoms with Crippen LogP contribution in [0.15, 0.2) is 24.4 Å². The molecule has 0 aromatic carbocycles. The molecule has 0 amide bonds. The molecule has 0 aliphatic carbocycles. The van der Waals surface area contributed by atoms with Crippen LogP contribution in [-0.4, -0.2) is 40.7 Å². The fourth-order valence-electron chi connectivity index (χ4n) is 3.34. The number of hydrogen-bond donors (Lipinski definition) is 2. The molecule has 0 spiro atoms. The fraction of sp³-hybridized carbons (Fsp3) is 0.562. The third-order valence-electron chi connectivity index (χ3n) is 4.30. The first-order valence-electron chi connectivity index (χ1n) is 7.83. The van der Waals surface area contributed by atoms with Crippen molar-refractivity contribution in [2.45, 2.75) is 38.3 Å². The van der Waals surface area contributed by atoms with E-state index in [4.69, 9.17) is 10.1 Å². The van der Waals surface area contributed by atoms with Crippen molar-refractivity contribution < 1.29 is 5.11 Å². The second-order valence-electron chi connectivity index (χ2n) is 5.70. The van der Waals surface area contributed by atoms with Gasteiger partial charge in [0.1, 0.15) is 5.65 Å². The summed E-state index contributed by atoms with van der Waals surface area (Å²) in [5.74, 6) is 1.11. The van der Waals surface area contributed by atoms with Crippen molar-refractivity contribution in [2.24, 2.45) is 0 Å². The molecular weight excluding hydrogens is 264 g/mol. The molecule has 1 fully saturated rings. The minimum absolute atomic E-state index is 0.277. The van der Waals surface area contributed by atoms with E-state index in [1.807, 2.05) is 19.2 Å². The number of nitrogens with one attached hydrogen (secondary N) is 1. The number of rotatable bonds is 6. The Morgan fingerprint density at radius 2 is 2.33 bits per heavy atom. The highest BCUT2D eigenvalue weighted by atomic mass is 16.2. The molecule has 1 unspecified atom stereocenters. The molecule has 1 atom stereocenters. The maximum atomic E-state index is 9.09. The van der Waals surface area contributed by atoms with Crippen molar-refractivity contribution in [2.75, 3.05) is 25.1 Å². The molecule has 0 bridgehead atoms. The lowest BCUT2D eigenvalue weighted by molar-refractivity contribution is 0.279. The van der Waals surface area contributed by atoms with E-state index in [0.717, 1.165) is 37.4 Å². The molecule has 3 heterocycles. The molecule has 5 heteroatoms. The Bertz CT molecular complexity index is 595. The van der Waals surface area contributed by atoms with Crippen LogP contribution >= 0.6 is 0 Å². The van der Waals surface area contributed by atoms with Crippen LogP contribution in [0.1, 0.15) is 31.4 Å². The van der Waals surface area contributed by atoms with Crippen LogP contribution in [0.2, 0.25) is 0 Å². The molecule has 114 valence electrons. The molecule has 0 radical (unpaired) electrons. The van der Waals surface area contributed by atoms with Crippen LogP contribution in [0.3, 0.4) is 0 Å². The van der Waals surface area contributed by atoms with Gasteiger partial charge in [-0.05, 0) is 44.9 Å². The highest BCUT2D eigenvalue weighted by Crippen LogP contribution is 2.30. The molecule has 21 heavy (non-hydrogen) atoms. The lowest BCUT2D eigenvalue weighted by Gasteiger charge is -2.25. The average molecular weight is 288 g/mol. The molecule has 3 rings (SSSR count). The predicted molar refractivity (Wildman–Crippen MR) is 84.6 cm³/mol. The van der Waals surface area contributed by atoms with Crippen LogP contribution < -0.4 is 10.2 Å². The molecule has 2 N–H and O–H groups in total. The van der Waals surface area contributed by atoms with Gasteiger partial charge >= 0.3 is 0 Å². The monoisotopic (exact) mass is 288 g/mol. The van der Waals surface area contributed by atoms with Gasteiger partial charge < -0.3 is 19.7 Å². The van der Waals surface area contributed by atoms with Crippen molar-refractivity contribution in [3.8, 4) is 0 Å². The zero-order valence-corrected chi connectivity index (χ0v) is 12.6. The molecule has 5 nitrogen and oxygen atoms in total. The van der Waals surface area contributed by atoms with Gasteiger partial charge in [-0.15, -0.1) is 0 Å². The predicted octanol–water partition coefficient (Wildman–Crippen LogP) is 1.79. The second kappa shape index (κ2) is 6.45. The summed E-state index contributed by atoms with van der Waals surface area (Å²) >= 11 is 0. The van der Waals surface area contributed by atoms with Gasteiger partial charge in [0.25, 0.3) is 0 Å². The zero-order chi connectivity index (χ0) is 14.7. The summed E-state index contributed by atoms with van der Waals surface area (Å²) in [6.45, 7) is 2.15. The largest absolute Gasteiger partial charge is 0.396 e. The summed E-state index contributed by atoms with van der Waals surface area (Å²) in [6, 6.07) is 6.65. The molecule has 2 aromatic rings. The number of aliphatic hydroxyl groups excluding tert-OH is 1. The smallest absolute Gasteiger partial charge is 0.152 e. The van der Waals surface area contributed by atoms with Crippen molar-refractivity contribution in [1.82, 2.24) is 14.7 Å². The maximum Gasteiger partial charge on any atom is 0.152 e. The van der Waals surface area contributed by atoms with E-state index < -0.39 is 0 Å². The Morgan fingerprint density at radius 3 is 3.14 bits per heavy atom. The number of pyridine rings is 1. The van der Waals surface area contributed by atoms with Crippen molar-refractivity contribution in [3.05, 3.63) is 30.1 Å². The summed E-state index contributed by atoms with van der Waals surface area (Å²) in [7, 11) is 1.97. The fourth-order valence-corrected chi connectivity index (χ4v) is 3.34. The standard InChI is InChI=1S/C16H24N4O/c1-17-12-14-16(18-15-8-2-3-9-20(14)15)19-10-4-6-13(19)7-5-11-21/h2-3,8-9,13,17,21H,4-7,10-12H2,1H3. The molecule has 1 aliphatic heterocycles. The summed E-state index contributed by atoms with van der Waals surface area (Å²) in [5, 5.41) is 12.3. The van der Waals surface area contributed by atoms with Gasteiger partial charge in [0.05, 0.1) is 5.69 Å². The van der Waals surface area contributed by atoms with Gasteiger partial charge in [0, 0.05) is 31.9 Å². The number of aromatic nitrogens is 2. The number of anilines is 1. The van der Waals surface area contributed by atoms with Crippen LogP contribution in [0.5, 0.6) is 0 Å². The van der Waals surface area contributed by atoms with E-state index in [1.165, 1.54) is 18.5 Å². The maximum absolute atomic E-state index is 9.09. The Morgan fingerprint density at radius 1 is 1.43 bits per heavy atom. The number of imidazole rings is 1. The van der Waals surface area contributed by atoms with E-state index in [0.29, 0.717) is 6.04 Å². The number of aliphatic hydroxyl groups is 1. The highest BCUT2D eigenvalue weighted by Gasteiger charge is 2.28. The Hall–Kier alpha value is -1.59. The Labute approximate surface area is 125 Å². The topological polar surface area (TPSA) is 52.8 Å². The lowest BCUT2D eigenvalue weighted by Crippen LogP contribution is -2.31. The molecule has 1 saturated heterocycles. The van der Waals surface area contributed by atoms with E-state index in [2.05, 4.69) is 26.9 Å².